The largest absolute Gasteiger partial charge is 0.489 e. The molecule has 2 aromatic rings. The van der Waals surface area contributed by atoms with E-state index in [2.05, 4.69) is 36.5 Å². The van der Waals surface area contributed by atoms with Crippen LogP contribution in [0.1, 0.15) is 16.1 Å². The number of benzene rings is 1. The molecular weight excluding hydrogens is 512 g/mol. The Kier molecular flexibility index (Phi) is 11.5. The Labute approximate surface area is 205 Å². The van der Waals surface area contributed by atoms with Crippen molar-refractivity contribution in [2.45, 2.75) is 6.54 Å². The first-order valence-corrected chi connectivity index (χ1v) is 11.2. The van der Waals surface area contributed by atoms with Gasteiger partial charge in [-0.05, 0) is 29.0 Å². The highest BCUT2D eigenvalue weighted by Crippen LogP contribution is 2.31. The average molecular weight is 541 g/mol. The number of ether oxygens (including phenoxy) is 3. The van der Waals surface area contributed by atoms with Crippen LogP contribution in [-0.4, -0.2) is 85.6 Å². The van der Waals surface area contributed by atoms with Crippen LogP contribution in [0.2, 0.25) is 0 Å². The molecular formula is C21H29BrN6O6. The van der Waals surface area contributed by atoms with Gasteiger partial charge in [-0.2, -0.15) is 0 Å². The van der Waals surface area contributed by atoms with Gasteiger partial charge in [0.15, 0.2) is 11.5 Å². The van der Waals surface area contributed by atoms with Crippen molar-refractivity contribution in [2.75, 3.05) is 64.7 Å². The van der Waals surface area contributed by atoms with Crippen LogP contribution in [0.4, 0.5) is 16.3 Å². The van der Waals surface area contributed by atoms with E-state index < -0.39 is 12.0 Å². The number of nitrogen functional groups attached to an aromatic ring is 1. The quantitative estimate of drug-likeness (QED) is 0.260. The Balaban J connectivity index is 2.09. The van der Waals surface area contributed by atoms with Crippen molar-refractivity contribution < 1.29 is 28.9 Å². The van der Waals surface area contributed by atoms with Crippen LogP contribution in [0.3, 0.4) is 0 Å². The number of likely N-dealkylation sites (N-methyl/N-ethyl adjacent to an activating group) is 1. The fraction of sp³-hybridized carbons (Fsp3) is 0.429. The Morgan fingerprint density at radius 2 is 1.88 bits per heavy atom. The summed E-state index contributed by atoms with van der Waals surface area (Å²) in [5.41, 5.74) is 6.62. The first-order chi connectivity index (χ1) is 16.3. The number of aromatic nitrogens is 2. The molecule has 0 fully saturated rings. The highest BCUT2D eigenvalue weighted by Gasteiger charge is 2.19. The van der Waals surface area contributed by atoms with E-state index in [1.165, 1.54) is 13.2 Å². The first-order valence-electron chi connectivity index (χ1n) is 10.4. The maximum atomic E-state index is 12.8. The van der Waals surface area contributed by atoms with Crippen molar-refractivity contribution in [3.63, 3.8) is 0 Å². The second kappa shape index (κ2) is 14.3. The van der Waals surface area contributed by atoms with Gasteiger partial charge < -0.3 is 40.6 Å². The lowest BCUT2D eigenvalue weighted by Crippen LogP contribution is -2.25. The molecule has 0 aliphatic rings. The predicted molar refractivity (Wildman–Crippen MR) is 129 cm³/mol. The molecule has 0 radical (unpaired) electrons. The Morgan fingerprint density at radius 1 is 1.18 bits per heavy atom. The van der Waals surface area contributed by atoms with E-state index in [-0.39, 0.29) is 31.3 Å². The number of halogens is 1. The number of carbonyl (C=O) groups is 2. The van der Waals surface area contributed by atoms with Gasteiger partial charge in [0.2, 0.25) is 0 Å². The number of carboxylic acid groups (broad SMARTS) is 1. The maximum Gasteiger partial charge on any atom is 0.407 e. The summed E-state index contributed by atoms with van der Waals surface area (Å²) >= 11 is 3.17. The summed E-state index contributed by atoms with van der Waals surface area (Å²) in [5.74, 6) is -0.301. The van der Waals surface area contributed by atoms with Crippen LogP contribution in [0, 0.1) is 0 Å². The van der Waals surface area contributed by atoms with Gasteiger partial charge in [0.05, 0.1) is 44.9 Å². The number of amides is 2. The van der Waals surface area contributed by atoms with Gasteiger partial charge in [-0.1, -0.05) is 12.1 Å². The van der Waals surface area contributed by atoms with Crippen LogP contribution in [0.25, 0.3) is 0 Å². The lowest BCUT2D eigenvalue weighted by molar-refractivity contribution is 0.0375. The highest BCUT2D eigenvalue weighted by molar-refractivity contribution is 9.10. The van der Waals surface area contributed by atoms with Gasteiger partial charge in [-0.3, -0.25) is 4.79 Å². The van der Waals surface area contributed by atoms with Crippen molar-refractivity contribution >= 4 is 39.4 Å². The number of nitrogens with zero attached hydrogens (tertiary/aromatic N) is 3. The zero-order valence-corrected chi connectivity index (χ0v) is 20.6. The molecule has 0 saturated heterocycles. The van der Waals surface area contributed by atoms with Crippen LogP contribution in [-0.2, 0) is 16.0 Å². The molecule has 1 aromatic heterocycles. The van der Waals surface area contributed by atoms with Crippen molar-refractivity contribution in [3.05, 3.63) is 40.3 Å². The third kappa shape index (κ3) is 8.74. The minimum Gasteiger partial charge on any atom is -0.489 e. The number of para-hydroxylation sites is 1. The van der Waals surface area contributed by atoms with Crippen LogP contribution in [0.15, 0.2) is 29.0 Å². The van der Waals surface area contributed by atoms with Crippen molar-refractivity contribution in [2.24, 2.45) is 0 Å². The molecule has 1 aromatic carbocycles. The standard InChI is InChI=1S/C21H29BrN6O6/c1-24-6-7-32-8-9-33-10-11-34-18-14(13-28(2)21(30)31)4-3-5-15(18)26-20(29)17-19(23)25-12-16(22)27-17/h3-5,12,24H,6-11,13H2,1-2H3,(H2,23,25)(H,26,29)(H,30,31). The fourth-order valence-electron chi connectivity index (χ4n) is 2.73. The van der Waals surface area contributed by atoms with Crippen molar-refractivity contribution in [1.82, 2.24) is 20.2 Å². The smallest absolute Gasteiger partial charge is 0.407 e. The predicted octanol–water partition coefficient (Wildman–Crippen LogP) is 1.81. The van der Waals surface area contributed by atoms with E-state index in [9.17, 15) is 14.7 Å². The first kappa shape index (κ1) is 27.2. The molecule has 0 unspecified atom stereocenters. The summed E-state index contributed by atoms with van der Waals surface area (Å²) in [4.78, 5) is 33.2. The Hall–Kier alpha value is -3.00. The molecule has 0 spiro atoms. The molecule has 186 valence electrons. The monoisotopic (exact) mass is 540 g/mol. The molecule has 0 bridgehead atoms. The second-order valence-electron chi connectivity index (χ2n) is 6.99. The number of carbonyl (C=O) groups excluding carboxylic acids is 1. The van der Waals surface area contributed by atoms with Gasteiger partial charge >= 0.3 is 6.09 Å². The second-order valence-corrected chi connectivity index (χ2v) is 7.80. The van der Waals surface area contributed by atoms with Gasteiger partial charge in [-0.15, -0.1) is 0 Å². The molecule has 34 heavy (non-hydrogen) atoms. The number of hydrogen-bond donors (Lipinski definition) is 4. The third-order valence-corrected chi connectivity index (χ3v) is 4.79. The van der Waals surface area contributed by atoms with E-state index in [1.54, 1.807) is 18.2 Å². The molecule has 1 heterocycles. The molecule has 0 aliphatic carbocycles. The molecule has 0 saturated carbocycles. The zero-order valence-electron chi connectivity index (χ0n) is 19.0. The van der Waals surface area contributed by atoms with Crippen molar-refractivity contribution in [1.29, 1.82) is 0 Å². The molecule has 12 nitrogen and oxygen atoms in total. The van der Waals surface area contributed by atoms with Gasteiger partial charge in [0, 0.05) is 19.2 Å². The van der Waals surface area contributed by atoms with E-state index in [0.29, 0.717) is 41.4 Å². The third-order valence-electron chi connectivity index (χ3n) is 4.41. The maximum absolute atomic E-state index is 12.8. The van der Waals surface area contributed by atoms with E-state index in [0.717, 1.165) is 11.4 Å². The fourth-order valence-corrected chi connectivity index (χ4v) is 3.01. The molecule has 2 amide bonds. The van der Waals surface area contributed by atoms with E-state index in [4.69, 9.17) is 19.9 Å². The number of anilines is 2. The Bertz CT molecular complexity index is 963. The van der Waals surface area contributed by atoms with Crippen LogP contribution in [0.5, 0.6) is 5.75 Å². The van der Waals surface area contributed by atoms with Crippen LogP contribution < -0.4 is 21.1 Å². The number of nitrogens with two attached hydrogens (primary N) is 1. The molecule has 5 N–H and O–H groups in total. The number of hydrogen-bond acceptors (Lipinski definition) is 9. The number of nitrogens with one attached hydrogen (secondary N) is 2. The van der Waals surface area contributed by atoms with Gasteiger partial charge in [-0.25, -0.2) is 14.8 Å². The summed E-state index contributed by atoms with van der Waals surface area (Å²) in [6, 6.07) is 5.03. The summed E-state index contributed by atoms with van der Waals surface area (Å²) in [7, 11) is 3.29. The molecule has 0 atom stereocenters. The lowest BCUT2D eigenvalue weighted by Gasteiger charge is -2.19. The minimum atomic E-state index is -1.10. The minimum absolute atomic E-state index is 0.0322. The normalized spacial score (nSPS) is 10.7. The van der Waals surface area contributed by atoms with Gasteiger partial charge in [0.25, 0.3) is 5.91 Å². The van der Waals surface area contributed by atoms with E-state index in [1.807, 2.05) is 7.05 Å². The SMILES string of the molecule is CNCCOCCOCCOc1c(CN(C)C(=O)O)cccc1NC(=O)c1nc(Br)cnc1N. The Morgan fingerprint density at radius 3 is 2.59 bits per heavy atom. The molecule has 2 rings (SSSR count). The average Bonchev–Trinajstić information content (AvgIpc) is 2.80. The summed E-state index contributed by atoms with van der Waals surface area (Å²) < 4.78 is 17.1. The summed E-state index contributed by atoms with van der Waals surface area (Å²) in [5, 5.41) is 15.0. The lowest BCUT2D eigenvalue weighted by atomic mass is 10.1. The van der Waals surface area contributed by atoms with Gasteiger partial charge in [0.1, 0.15) is 17.0 Å². The molecule has 13 heteroatoms. The van der Waals surface area contributed by atoms with E-state index >= 15 is 0 Å². The highest BCUT2D eigenvalue weighted by atomic mass is 79.9. The summed E-state index contributed by atoms with van der Waals surface area (Å²) in [6.45, 7) is 2.71. The summed E-state index contributed by atoms with van der Waals surface area (Å²) in [6.07, 6.45) is 0.286. The topological polar surface area (TPSA) is 161 Å². The van der Waals surface area contributed by atoms with Crippen LogP contribution >= 0.6 is 15.9 Å². The molecule has 0 aliphatic heterocycles. The van der Waals surface area contributed by atoms with Crippen molar-refractivity contribution in [3.8, 4) is 5.75 Å². The number of rotatable bonds is 14. The zero-order chi connectivity index (χ0) is 24.9.